The van der Waals surface area contributed by atoms with Crippen molar-refractivity contribution in [3.05, 3.63) is 34.9 Å². The van der Waals surface area contributed by atoms with Crippen LogP contribution in [-0.2, 0) is 0 Å². The number of aryl methyl sites for hydroxylation is 3. The maximum absolute atomic E-state index is 12.1. The molecule has 7 heteroatoms. The molecule has 2 rings (SSSR count). The Kier molecular flexibility index (Phi) is 3.37. The number of nitrogens with zero attached hydrogens (tertiary/aromatic N) is 4. The molecular formula is C12H14N6O. The second kappa shape index (κ2) is 4.97. The van der Waals surface area contributed by atoms with Crippen molar-refractivity contribution in [2.45, 2.75) is 20.8 Å². The van der Waals surface area contributed by atoms with Crippen molar-refractivity contribution in [2.24, 2.45) is 0 Å². The number of nitrogens with two attached hydrogens (primary N) is 1. The van der Waals surface area contributed by atoms with Crippen LogP contribution in [0.5, 0.6) is 0 Å². The second-order valence-electron chi connectivity index (χ2n) is 4.16. The summed E-state index contributed by atoms with van der Waals surface area (Å²) in [5.74, 6) is -0.197. The predicted molar refractivity (Wildman–Crippen MR) is 70.6 cm³/mol. The largest absolute Gasteiger partial charge is 0.397 e. The lowest BCUT2D eigenvalue weighted by Gasteiger charge is -2.07. The maximum atomic E-state index is 12.1. The number of pyridine rings is 1. The lowest BCUT2D eigenvalue weighted by Crippen LogP contribution is -2.17. The highest BCUT2D eigenvalue weighted by Gasteiger charge is 2.12. The van der Waals surface area contributed by atoms with Crippen LogP contribution in [0.15, 0.2) is 12.3 Å². The van der Waals surface area contributed by atoms with E-state index in [0.717, 1.165) is 5.69 Å². The first-order valence-corrected chi connectivity index (χ1v) is 5.69. The van der Waals surface area contributed by atoms with Crippen LogP contribution in [0.2, 0.25) is 0 Å². The molecular weight excluding hydrogens is 244 g/mol. The van der Waals surface area contributed by atoms with Gasteiger partial charge in [-0.15, -0.1) is 5.10 Å². The van der Waals surface area contributed by atoms with Crippen LogP contribution >= 0.6 is 0 Å². The fourth-order valence-corrected chi connectivity index (χ4v) is 1.46. The maximum Gasteiger partial charge on any atom is 0.259 e. The minimum Gasteiger partial charge on any atom is -0.397 e. The van der Waals surface area contributed by atoms with Crippen LogP contribution < -0.4 is 11.1 Å². The summed E-state index contributed by atoms with van der Waals surface area (Å²) in [6.45, 7) is 5.33. The van der Waals surface area contributed by atoms with Gasteiger partial charge in [0.2, 0.25) is 5.95 Å². The summed E-state index contributed by atoms with van der Waals surface area (Å²) in [6, 6.07) is 1.56. The van der Waals surface area contributed by atoms with E-state index in [1.54, 1.807) is 26.8 Å². The molecule has 0 spiro atoms. The molecule has 2 heterocycles. The topological polar surface area (TPSA) is 107 Å². The molecule has 0 saturated carbocycles. The first kappa shape index (κ1) is 12.9. The second-order valence-corrected chi connectivity index (χ2v) is 4.16. The molecule has 0 saturated heterocycles. The number of hydrogen-bond acceptors (Lipinski definition) is 6. The van der Waals surface area contributed by atoms with Gasteiger partial charge in [0.15, 0.2) is 0 Å². The predicted octanol–water partition coefficient (Wildman–Crippen LogP) is 1.03. The number of anilines is 2. The molecule has 3 N–H and O–H groups in total. The molecule has 1 amide bonds. The third kappa shape index (κ3) is 2.82. The van der Waals surface area contributed by atoms with E-state index < -0.39 is 0 Å². The quantitative estimate of drug-likeness (QED) is 0.833. The minimum absolute atomic E-state index is 0.162. The van der Waals surface area contributed by atoms with Crippen molar-refractivity contribution < 1.29 is 4.79 Å². The van der Waals surface area contributed by atoms with Gasteiger partial charge in [-0.2, -0.15) is 5.10 Å². The van der Waals surface area contributed by atoms with E-state index in [1.165, 1.54) is 6.20 Å². The Hall–Kier alpha value is -2.57. The van der Waals surface area contributed by atoms with Crippen LogP contribution in [-0.4, -0.2) is 26.1 Å². The van der Waals surface area contributed by atoms with E-state index in [1.807, 2.05) is 0 Å². The zero-order valence-electron chi connectivity index (χ0n) is 10.9. The smallest absolute Gasteiger partial charge is 0.259 e. The summed E-state index contributed by atoms with van der Waals surface area (Å²) >= 11 is 0. The van der Waals surface area contributed by atoms with Crippen LogP contribution in [0.1, 0.15) is 27.4 Å². The highest BCUT2D eigenvalue weighted by molar-refractivity contribution is 6.04. The Balaban J connectivity index is 2.25. The number of carbonyl (C=O) groups excluding carboxylic acids is 1. The molecule has 98 valence electrons. The van der Waals surface area contributed by atoms with E-state index in [-0.39, 0.29) is 11.9 Å². The van der Waals surface area contributed by atoms with Gasteiger partial charge in [-0.05, 0) is 26.8 Å². The van der Waals surface area contributed by atoms with Crippen LogP contribution in [0.25, 0.3) is 0 Å². The van der Waals surface area contributed by atoms with Gasteiger partial charge in [-0.25, -0.2) is 4.98 Å². The van der Waals surface area contributed by atoms with E-state index >= 15 is 0 Å². The molecule has 0 fully saturated rings. The van der Waals surface area contributed by atoms with Crippen molar-refractivity contribution in [2.75, 3.05) is 11.1 Å². The standard InChI is InChI=1S/C12H14N6O/c1-6-7(2)17-18-12(15-6)16-11(19)10-4-9(13)5-14-8(10)3/h4-5H,13H2,1-3H3,(H,15,16,18,19). The highest BCUT2D eigenvalue weighted by Crippen LogP contribution is 2.11. The number of carbonyl (C=O) groups is 1. The fraction of sp³-hybridized carbons (Fsp3) is 0.250. The lowest BCUT2D eigenvalue weighted by molar-refractivity contribution is 0.102. The van der Waals surface area contributed by atoms with Crippen molar-refractivity contribution in [1.82, 2.24) is 20.2 Å². The van der Waals surface area contributed by atoms with Gasteiger partial charge < -0.3 is 5.73 Å². The lowest BCUT2D eigenvalue weighted by atomic mass is 10.2. The zero-order chi connectivity index (χ0) is 14.0. The number of amides is 1. The summed E-state index contributed by atoms with van der Waals surface area (Å²) in [7, 11) is 0. The van der Waals surface area contributed by atoms with Gasteiger partial charge in [0.25, 0.3) is 5.91 Å². The van der Waals surface area contributed by atoms with E-state index in [0.29, 0.717) is 22.6 Å². The van der Waals surface area contributed by atoms with Crippen LogP contribution in [0.3, 0.4) is 0 Å². The number of rotatable bonds is 2. The molecule has 0 aliphatic heterocycles. The molecule has 19 heavy (non-hydrogen) atoms. The van der Waals surface area contributed by atoms with Crippen molar-refractivity contribution in [3.8, 4) is 0 Å². The first-order valence-electron chi connectivity index (χ1n) is 5.69. The van der Waals surface area contributed by atoms with Crippen molar-refractivity contribution >= 4 is 17.5 Å². The molecule has 0 atom stereocenters. The van der Waals surface area contributed by atoms with Crippen LogP contribution in [0, 0.1) is 20.8 Å². The fourth-order valence-electron chi connectivity index (χ4n) is 1.46. The molecule has 0 radical (unpaired) electrons. The van der Waals surface area contributed by atoms with Gasteiger partial charge >= 0.3 is 0 Å². The monoisotopic (exact) mass is 258 g/mol. The Morgan fingerprint density at radius 2 is 1.89 bits per heavy atom. The van der Waals surface area contributed by atoms with Gasteiger partial charge in [0.05, 0.1) is 34.5 Å². The summed E-state index contributed by atoms with van der Waals surface area (Å²) in [5, 5.41) is 10.3. The molecule has 0 unspecified atom stereocenters. The highest BCUT2D eigenvalue weighted by atomic mass is 16.1. The van der Waals surface area contributed by atoms with E-state index in [9.17, 15) is 4.79 Å². The molecule has 0 bridgehead atoms. The summed E-state index contributed by atoms with van der Waals surface area (Å²) < 4.78 is 0. The SMILES string of the molecule is Cc1ncc(N)cc1C(=O)Nc1nnc(C)c(C)n1. The normalized spacial score (nSPS) is 10.3. The minimum atomic E-state index is -0.359. The van der Waals surface area contributed by atoms with E-state index in [2.05, 4.69) is 25.5 Å². The average molecular weight is 258 g/mol. The number of hydrogen-bond donors (Lipinski definition) is 2. The summed E-state index contributed by atoms with van der Waals surface area (Å²) in [5.41, 5.74) is 8.46. The average Bonchev–Trinajstić information content (AvgIpc) is 2.36. The first-order chi connectivity index (χ1) is 8.97. The molecule has 0 aromatic carbocycles. The third-order valence-electron chi connectivity index (χ3n) is 2.67. The Morgan fingerprint density at radius 1 is 1.16 bits per heavy atom. The third-order valence-corrected chi connectivity index (χ3v) is 2.67. The number of aromatic nitrogens is 4. The van der Waals surface area contributed by atoms with Gasteiger partial charge in [-0.1, -0.05) is 0 Å². The van der Waals surface area contributed by atoms with Crippen molar-refractivity contribution in [1.29, 1.82) is 0 Å². The molecule has 0 aliphatic rings. The van der Waals surface area contributed by atoms with Gasteiger partial charge in [-0.3, -0.25) is 15.1 Å². The Morgan fingerprint density at radius 3 is 2.58 bits per heavy atom. The van der Waals surface area contributed by atoms with Gasteiger partial charge in [0, 0.05) is 0 Å². The Bertz CT molecular complexity index is 640. The van der Waals surface area contributed by atoms with E-state index in [4.69, 9.17) is 5.73 Å². The molecule has 2 aromatic heterocycles. The number of nitrogens with one attached hydrogen (secondary N) is 1. The Labute approximate surface area is 110 Å². The summed E-state index contributed by atoms with van der Waals surface area (Å²) in [4.78, 5) is 20.2. The summed E-state index contributed by atoms with van der Waals surface area (Å²) in [6.07, 6.45) is 1.50. The zero-order valence-corrected chi connectivity index (χ0v) is 10.9. The molecule has 7 nitrogen and oxygen atoms in total. The number of nitrogen functional groups attached to an aromatic ring is 1. The van der Waals surface area contributed by atoms with Crippen LogP contribution in [0.4, 0.5) is 11.6 Å². The van der Waals surface area contributed by atoms with Gasteiger partial charge in [0.1, 0.15) is 0 Å². The molecule has 2 aromatic rings. The van der Waals surface area contributed by atoms with Crippen molar-refractivity contribution in [3.63, 3.8) is 0 Å². The molecule has 0 aliphatic carbocycles.